The van der Waals surface area contributed by atoms with Gasteiger partial charge in [0.1, 0.15) is 5.41 Å². The molecule has 1 heterocycles. The van der Waals surface area contributed by atoms with Crippen LogP contribution in [0.3, 0.4) is 0 Å². The lowest BCUT2D eigenvalue weighted by atomic mass is 9.90. The average molecular weight is 313 g/mol. The van der Waals surface area contributed by atoms with Gasteiger partial charge in [-0.1, -0.05) is 0 Å². The summed E-state index contributed by atoms with van der Waals surface area (Å²) >= 11 is 1.46. The van der Waals surface area contributed by atoms with E-state index in [0.29, 0.717) is 17.8 Å². The molecule has 0 bridgehead atoms. The molecule has 0 aliphatic heterocycles. The number of carboxylic acids is 1. The maximum atomic E-state index is 11.2. The fourth-order valence-corrected chi connectivity index (χ4v) is 3.06. The van der Waals surface area contributed by atoms with E-state index in [2.05, 4.69) is 42.9 Å². The Bertz CT molecular complexity index is 461. The van der Waals surface area contributed by atoms with Gasteiger partial charge >= 0.3 is 5.97 Å². The number of aliphatic carboxylic acids is 1. The molecule has 0 aliphatic carbocycles. The van der Waals surface area contributed by atoms with Crippen molar-refractivity contribution in [1.82, 2.24) is 9.88 Å². The summed E-state index contributed by atoms with van der Waals surface area (Å²) in [6, 6.07) is 1.01. The van der Waals surface area contributed by atoms with Gasteiger partial charge < -0.3 is 10.4 Å². The number of rotatable bonds is 8. The van der Waals surface area contributed by atoms with Gasteiger partial charge in [0.25, 0.3) is 0 Å². The van der Waals surface area contributed by atoms with Gasteiger partial charge in [-0.15, -0.1) is 11.3 Å². The van der Waals surface area contributed by atoms with Crippen LogP contribution in [-0.4, -0.2) is 46.1 Å². The zero-order valence-electron chi connectivity index (χ0n) is 13.8. The van der Waals surface area contributed by atoms with Crippen LogP contribution >= 0.6 is 11.3 Å². The maximum absolute atomic E-state index is 11.2. The molecule has 1 aromatic rings. The van der Waals surface area contributed by atoms with Crippen LogP contribution in [0.2, 0.25) is 0 Å². The summed E-state index contributed by atoms with van der Waals surface area (Å²) < 4.78 is 0. The minimum absolute atomic E-state index is 0.504. The van der Waals surface area contributed by atoms with Crippen molar-refractivity contribution in [2.24, 2.45) is 0 Å². The monoisotopic (exact) mass is 313 g/mol. The van der Waals surface area contributed by atoms with Crippen LogP contribution in [0.5, 0.6) is 0 Å². The molecule has 0 unspecified atom stereocenters. The third-order valence-corrected chi connectivity index (χ3v) is 4.45. The number of thiazole rings is 1. The SMILES string of the molecule is CC(C)N(CCNc1nc(C(C)(C)C(=O)O)cs1)C(C)C. The van der Waals surface area contributed by atoms with E-state index in [0.717, 1.165) is 18.2 Å². The summed E-state index contributed by atoms with van der Waals surface area (Å²) in [5.74, 6) is -0.856. The summed E-state index contributed by atoms with van der Waals surface area (Å²) in [6.45, 7) is 13.9. The molecule has 0 spiro atoms. The first-order chi connectivity index (χ1) is 9.66. The molecule has 21 heavy (non-hydrogen) atoms. The number of nitrogens with zero attached hydrogens (tertiary/aromatic N) is 2. The lowest BCUT2D eigenvalue weighted by molar-refractivity contribution is -0.142. The standard InChI is InChI=1S/C15H27N3O2S/c1-10(2)18(11(3)4)8-7-16-14-17-12(9-21-14)15(5,6)13(19)20/h9-11H,7-8H2,1-6H3,(H,16,17)(H,19,20). The Balaban J connectivity index is 2.58. The number of anilines is 1. The first-order valence-corrected chi connectivity index (χ1v) is 8.23. The highest BCUT2D eigenvalue weighted by Gasteiger charge is 2.32. The summed E-state index contributed by atoms with van der Waals surface area (Å²) in [7, 11) is 0. The molecule has 0 aromatic carbocycles. The van der Waals surface area contributed by atoms with Crippen molar-refractivity contribution in [3.8, 4) is 0 Å². The molecule has 5 nitrogen and oxygen atoms in total. The predicted octanol–water partition coefficient (Wildman–Crippen LogP) is 3.04. The smallest absolute Gasteiger partial charge is 0.315 e. The molecule has 0 saturated heterocycles. The molecule has 1 aromatic heterocycles. The quantitative estimate of drug-likeness (QED) is 0.772. The Kier molecular flexibility index (Phi) is 6.16. The van der Waals surface area contributed by atoms with Crippen molar-refractivity contribution < 1.29 is 9.90 Å². The number of hydrogen-bond donors (Lipinski definition) is 2. The van der Waals surface area contributed by atoms with E-state index in [1.54, 1.807) is 13.8 Å². The Hall–Kier alpha value is -1.14. The van der Waals surface area contributed by atoms with E-state index in [1.165, 1.54) is 11.3 Å². The van der Waals surface area contributed by atoms with Crippen molar-refractivity contribution in [2.75, 3.05) is 18.4 Å². The van der Waals surface area contributed by atoms with Crippen molar-refractivity contribution >= 4 is 22.4 Å². The largest absolute Gasteiger partial charge is 0.481 e. The van der Waals surface area contributed by atoms with E-state index < -0.39 is 11.4 Å². The van der Waals surface area contributed by atoms with Crippen LogP contribution < -0.4 is 5.32 Å². The highest BCUT2D eigenvalue weighted by molar-refractivity contribution is 7.13. The zero-order valence-corrected chi connectivity index (χ0v) is 14.6. The topological polar surface area (TPSA) is 65.5 Å². The van der Waals surface area contributed by atoms with Gasteiger partial charge in [-0.25, -0.2) is 4.98 Å². The number of carboxylic acid groups (broad SMARTS) is 1. The average Bonchev–Trinajstić information content (AvgIpc) is 2.82. The van der Waals surface area contributed by atoms with Crippen molar-refractivity contribution in [3.63, 3.8) is 0 Å². The van der Waals surface area contributed by atoms with Gasteiger partial charge in [0.15, 0.2) is 5.13 Å². The van der Waals surface area contributed by atoms with Crippen LogP contribution in [0.4, 0.5) is 5.13 Å². The lowest BCUT2D eigenvalue weighted by Gasteiger charge is -2.30. The van der Waals surface area contributed by atoms with Crippen LogP contribution in [0.1, 0.15) is 47.2 Å². The van der Waals surface area contributed by atoms with Gasteiger partial charge in [0.2, 0.25) is 0 Å². The normalized spacial score (nSPS) is 12.4. The number of carbonyl (C=O) groups is 1. The van der Waals surface area contributed by atoms with Gasteiger partial charge in [-0.3, -0.25) is 9.69 Å². The fraction of sp³-hybridized carbons (Fsp3) is 0.733. The van der Waals surface area contributed by atoms with Crippen molar-refractivity contribution in [2.45, 2.75) is 59.0 Å². The molecule has 6 heteroatoms. The van der Waals surface area contributed by atoms with Gasteiger partial charge in [0.05, 0.1) is 5.69 Å². The molecule has 0 saturated carbocycles. The number of hydrogen-bond acceptors (Lipinski definition) is 5. The van der Waals surface area contributed by atoms with E-state index in [-0.39, 0.29) is 0 Å². The first kappa shape index (κ1) is 17.9. The third kappa shape index (κ3) is 4.68. The first-order valence-electron chi connectivity index (χ1n) is 7.35. The number of nitrogens with one attached hydrogen (secondary N) is 1. The van der Waals surface area contributed by atoms with Crippen LogP contribution in [-0.2, 0) is 10.2 Å². The summed E-state index contributed by atoms with van der Waals surface area (Å²) in [6.07, 6.45) is 0. The predicted molar refractivity (Wildman–Crippen MR) is 88.2 cm³/mol. The zero-order chi connectivity index (χ0) is 16.2. The second-order valence-electron chi connectivity index (χ2n) is 6.32. The van der Waals surface area contributed by atoms with Crippen LogP contribution in [0.15, 0.2) is 5.38 Å². The highest BCUT2D eigenvalue weighted by Crippen LogP contribution is 2.27. The minimum atomic E-state index is -0.946. The molecule has 0 aliphatic rings. The highest BCUT2D eigenvalue weighted by atomic mass is 32.1. The number of aromatic nitrogens is 1. The maximum Gasteiger partial charge on any atom is 0.315 e. The fourth-order valence-electron chi connectivity index (χ4n) is 2.16. The summed E-state index contributed by atoms with van der Waals surface area (Å²) in [5.41, 5.74) is -0.342. The second kappa shape index (κ2) is 7.22. The van der Waals surface area contributed by atoms with Gasteiger partial charge in [-0.2, -0.15) is 0 Å². The third-order valence-electron chi connectivity index (χ3n) is 3.65. The lowest BCUT2D eigenvalue weighted by Crippen LogP contribution is -2.40. The molecule has 0 atom stereocenters. The molecule has 2 N–H and O–H groups in total. The van der Waals surface area contributed by atoms with Crippen molar-refractivity contribution in [3.05, 3.63) is 11.1 Å². The van der Waals surface area contributed by atoms with E-state index in [9.17, 15) is 9.90 Å². The molecular formula is C15H27N3O2S. The summed E-state index contributed by atoms with van der Waals surface area (Å²) in [5, 5.41) is 15.1. The Morgan fingerprint density at radius 3 is 2.43 bits per heavy atom. The van der Waals surface area contributed by atoms with Gasteiger partial charge in [-0.05, 0) is 41.5 Å². The van der Waals surface area contributed by atoms with E-state index in [1.807, 2.05) is 5.38 Å². The molecular weight excluding hydrogens is 286 g/mol. The van der Waals surface area contributed by atoms with Crippen molar-refractivity contribution in [1.29, 1.82) is 0 Å². The Morgan fingerprint density at radius 1 is 1.38 bits per heavy atom. The Labute approximate surface area is 131 Å². The minimum Gasteiger partial charge on any atom is -0.481 e. The summed E-state index contributed by atoms with van der Waals surface area (Å²) in [4.78, 5) is 18.0. The van der Waals surface area contributed by atoms with Crippen LogP contribution in [0, 0.1) is 0 Å². The van der Waals surface area contributed by atoms with Crippen LogP contribution in [0.25, 0.3) is 0 Å². The van der Waals surface area contributed by atoms with E-state index >= 15 is 0 Å². The molecule has 0 amide bonds. The second-order valence-corrected chi connectivity index (χ2v) is 7.18. The Morgan fingerprint density at radius 2 is 1.95 bits per heavy atom. The van der Waals surface area contributed by atoms with Gasteiger partial charge in [0, 0.05) is 30.6 Å². The molecule has 0 fully saturated rings. The molecule has 0 radical (unpaired) electrons. The molecule has 1 rings (SSSR count). The molecule has 120 valence electrons. The van der Waals surface area contributed by atoms with E-state index in [4.69, 9.17) is 0 Å².